The third kappa shape index (κ3) is 6.17. The molecule has 0 amide bonds. The molecule has 0 saturated carbocycles. The first-order chi connectivity index (χ1) is 31.0. The van der Waals surface area contributed by atoms with Crippen molar-refractivity contribution in [2.24, 2.45) is 0 Å². The zero-order valence-corrected chi connectivity index (χ0v) is 35.2. The van der Waals surface area contributed by atoms with Gasteiger partial charge >= 0.3 is 0 Å². The number of hydrogen-bond donors (Lipinski definition) is 0. The summed E-state index contributed by atoms with van der Waals surface area (Å²) < 4.78 is 6.43. The highest BCUT2D eigenvalue weighted by Gasteiger charge is 2.37. The van der Waals surface area contributed by atoms with Gasteiger partial charge in [-0.25, -0.2) is 0 Å². The third-order valence-corrected chi connectivity index (χ3v) is 13.2. The topological polar surface area (TPSA) is 16.4 Å². The van der Waals surface area contributed by atoms with E-state index in [1.807, 2.05) is 6.07 Å². The summed E-state index contributed by atoms with van der Waals surface area (Å²) in [4.78, 5) is 2.38. The zero-order chi connectivity index (χ0) is 42.1. The molecule has 298 valence electrons. The fourth-order valence-corrected chi connectivity index (χ4v) is 10.2. The van der Waals surface area contributed by atoms with Crippen molar-refractivity contribution in [1.29, 1.82) is 0 Å². The molecule has 1 heterocycles. The monoisotopic (exact) mass is 805 g/mol. The normalized spacial score (nSPS) is 12.7. The fraction of sp³-hybridized carbons (Fsp3) is 0.0492. The standard InChI is InChI=1S/C61H43NO/c1-61(2)55-23-7-5-19-52(55)53-22-11-21-51(60(53)61)42-31-35-50(36-32-42)62(56-24-12-26-58-59(56)54-20-6-8-25-57(54)63-58)49-33-29-41(30-34-49)44-15-9-16-45(37-44)46-17-10-18-47(39-46)48-28-27-40-13-3-4-14-43(40)38-48/h3-39H,1-2H3. The van der Waals surface area contributed by atoms with Crippen molar-refractivity contribution in [1.82, 2.24) is 0 Å². The lowest BCUT2D eigenvalue weighted by Gasteiger charge is -2.27. The molecule has 63 heavy (non-hydrogen) atoms. The number of rotatable bonds is 7. The summed E-state index contributed by atoms with van der Waals surface area (Å²) in [6.07, 6.45) is 0. The number of benzene rings is 10. The van der Waals surface area contributed by atoms with Crippen LogP contribution in [0.15, 0.2) is 229 Å². The molecule has 2 nitrogen and oxygen atoms in total. The lowest BCUT2D eigenvalue weighted by molar-refractivity contribution is 0.662. The first-order valence-electron chi connectivity index (χ1n) is 21.8. The van der Waals surface area contributed by atoms with Gasteiger partial charge in [-0.2, -0.15) is 0 Å². The molecule has 0 unspecified atom stereocenters. The Morgan fingerprint density at radius 3 is 1.63 bits per heavy atom. The average molecular weight is 806 g/mol. The first kappa shape index (κ1) is 36.9. The van der Waals surface area contributed by atoms with Gasteiger partial charge in [0.15, 0.2) is 0 Å². The maximum absolute atomic E-state index is 6.43. The number of nitrogens with zero attached hydrogens (tertiary/aromatic N) is 1. The quantitative estimate of drug-likeness (QED) is 0.160. The molecule has 10 aromatic carbocycles. The predicted octanol–water partition coefficient (Wildman–Crippen LogP) is 17.2. The number of furan rings is 1. The Bertz CT molecular complexity index is 3540. The van der Waals surface area contributed by atoms with E-state index in [1.165, 1.54) is 72.0 Å². The van der Waals surface area contributed by atoms with E-state index in [1.54, 1.807) is 0 Å². The van der Waals surface area contributed by atoms with Crippen molar-refractivity contribution in [2.45, 2.75) is 19.3 Å². The van der Waals surface area contributed by atoms with E-state index < -0.39 is 0 Å². The van der Waals surface area contributed by atoms with E-state index in [4.69, 9.17) is 4.42 Å². The Morgan fingerprint density at radius 2 is 0.889 bits per heavy atom. The maximum atomic E-state index is 6.43. The van der Waals surface area contributed by atoms with Crippen LogP contribution in [0, 0.1) is 0 Å². The minimum Gasteiger partial charge on any atom is -0.456 e. The average Bonchev–Trinajstić information content (AvgIpc) is 3.84. The van der Waals surface area contributed by atoms with E-state index in [9.17, 15) is 0 Å². The number of anilines is 3. The van der Waals surface area contributed by atoms with Crippen LogP contribution in [0.3, 0.4) is 0 Å². The van der Waals surface area contributed by atoms with Crippen molar-refractivity contribution in [3.8, 4) is 55.6 Å². The van der Waals surface area contributed by atoms with Crippen LogP contribution in [0.2, 0.25) is 0 Å². The van der Waals surface area contributed by atoms with E-state index in [0.29, 0.717) is 0 Å². The van der Waals surface area contributed by atoms with Crippen LogP contribution >= 0.6 is 0 Å². The highest BCUT2D eigenvalue weighted by atomic mass is 16.3. The van der Waals surface area contributed by atoms with Gasteiger partial charge in [-0.05, 0) is 138 Å². The molecule has 0 aliphatic heterocycles. The summed E-state index contributed by atoms with van der Waals surface area (Å²) in [5, 5.41) is 4.71. The van der Waals surface area contributed by atoms with Crippen LogP contribution in [0.5, 0.6) is 0 Å². The summed E-state index contributed by atoms with van der Waals surface area (Å²) in [5.74, 6) is 0. The van der Waals surface area contributed by atoms with Gasteiger partial charge in [-0.1, -0.05) is 178 Å². The summed E-state index contributed by atoms with van der Waals surface area (Å²) in [5.41, 5.74) is 20.0. The summed E-state index contributed by atoms with van der Waals surface area (Å²) >= 11 is 0. The second-order valence-electron chi connectivity index (χ2n) is 17.3. The molecule has 1 aliphatic carbocycles. The Kier molecular flexibility index (Phi) is 8.55. The van der Waals surface area contributed by atoms with E-state index in [0.717, 1.165) is 44.6 Å². The van der Waals surface area contributed by atoms with E-state index in [-0.39, 0.29) is 5.41 Å². The molecular weight excluding hydrogens is 763 g/mol. The highest BCUT2D eigenvalue weighted by Crippen LogP contribution is 2.52. The van der Waals surface area contributed by atoms with Gasteiger partial charge in [0, 0.05) is 22.2 Å². The predicted molar refractivity (Wildman–Crippen MR) is 265 cm³/mol. The minimum atomic E-state index is -0.103. The van der Waals surface area contributed by atoms with E-state index in [2.05, 4.69) is 237 Å². The molecule has 0 N–H and O–H groups in total. The van der Waals surface area contributed by atoms with Crippen molar-refractivity contribution in [2.75, 3.05) is 4.90 Å². The van der Waals surface area contributed by atoms with Gasteiger partial charge in [0.25, 0.3) is 0 Å². The Hall–Kier alpha value is -7.94. The number of hydrogen-bond acceptors (Lipinski definition) is 2. The molecule has 0 bridgehead atoms. The zero-order valence-electron chi connectivity index (χ0n) is 35.2. The summed E-state index contributed by atoms with van der Waals surface area (Å²) in [7, 11) is 0. The molecule has 0 saturated heterocycles. The van der Waals surface area contributed by atoms with Gasteiger partial charge in [0.05, 0.1) is 11.1 Å². The fourth-order valence-electron chi connectivity index (χ4n) is 10.2. The molecule has 2 heteroatoms. The van der Waals surface area contributed by atoms with Crippen molar-refractivity contribution in [3.63, 3.8) is 0 Å². The Morgan fingerprint density at radius 1 is 0.365 bits per heavy atom. The van der Waals surface area contributed by atoms with Gasteiger partial charge in [-0.15, -0.1) is 0 Å². The second kappa shape index (κ2) is 14.6. The van der Waals surface area contributed by atoms with Gasteiger partial charge in [0.2, 0.25) is 0 Å². The van der Waals surface area contributed by atoms with Gasteiger partial charge < -0.3 is 9.32 Å². The van der Waals surface area contributed by atoms with Crippen LogP contribution in [0.25, 0.3) is 88.3 Å². The molecule has 0 spiro atoms. The van der Waals surface area contributed by atoms with E-state index >= 15 is 0 Å². The van der Waals surface area contributed by atoms with Crippen LogP contribution in [0.1, 0.15) is 25.0 Å². The van der Waals surface area contributed by atoms with Crippen LogP contribution in [-0.2, 0) is 5.41 Å². The molecular formula is C61H43NO. The molecule has 0 atom stereocenters. The van der Waals surface area contributed by atoms with Crippen molar-refractivity contribution in [3.05, 3.63) is 236 Å². The molecule has 12 rings (SSSR count). The second-order valence-corrected chi connectivity index (χ2v) is 17.3. The highest BCUT2D eigenvalue weighted by molar-refractivity contribution is 6.13. The first-order valence-corrected chi connectivity index (χ1v) is 21.8. The Balaban J connectivity index is 0.922. The van der Waals surface area contributed by atoms with Crippen LogP contribution in [0.4, 0.5) is 17.1 Å². The number of para-hydroxylation sites is 1. The van der Waals surface area contributed by atoms with Gasteiger partial charge in [-0.3, -0.25) is 0 Å². The van der Waals surface area contributed by atoms with Crippen molar-refractivity contribution < 1.29 is 4.42 Å². The lowest BCUT2D eigenvalue weighted by atomic mass is 9.79. The Labute approximate surface area is 368 Å². The molecule has 1 aromatic heterocycles. The van der Waals surface area contributed by atoms with Crippen molar-refractivity contribution >= 4 is 49.8 Å². The molecule has 11 aromatic rings. The summed E-state index contributed by atoms with van der Waals surface area (Å²) in [6, 6.07) is 81.6. The third-order valence-electron chi connectivity index (χ3n) is 13.2. The smallest absolute Gasteiger partial charge is 0.137 e. The van der Waals surface area contributed by atoms with Gasteiger partial charge in [0.1, 0.15) is 11.2 Å². The maximum Gasteiger partial charge on any atom is 0.137 e. The number of fused-ring (bicyclic) bond motifs is 7. The SMILES string of the molecule is CC1(C)c2ccccc2-c2cccc(-c3ccc(N(c4ccc(-c5cccc(-c6cccc(-c7ccc8ccccc8c7)c6)c5)cc4)c4cccc5oc6ccccc6c45)cc3)c21. The minimum absolute atomic E-state index is 0.103. The van der Waals surface area contributed by atoms with Crippen LogP contribution in [-0.4, -0.2) is 0 Å². The molecule has 0 fully saturated rings. The lowest BCUT2D eigenvalue weighted by Crippen LogP contribution is -2.16. The molecule has 1 aliphatic rings. The summed E-state index contributed by atoms with van der Waals surface area (Å²) in [6.45, 7) is 4.72. The molecule has 0 radical (unpaired) electrons. The largest absolute Gasteiger partial charge is 0.456 e. The van der Waals surface area contributed by atoms with Crippen LogP contribution < -0.4 is 4.90 Å².